The third-order valence-corrected chi connectivity index (χ3v) is 4.54. The van der Waals surface area contributed by atoms with Crippen LogP contribution in [0.2, 0.25) is 0 Å². The second-order valence-corrected chi connectivity index (χ2v) is 6.99. The maximum atomic E-state index is 11.5. The Hall–Kier alpha value is -1.84. The standard InChI is InChI=1S/C19H28N2O2/c1-12(2)19(22)23-11-16-6-8-17(9-7-16)18-14(4)10-13(3)15(5)20-21-18/h6-9,12-15,20H,10-11H2,1-5H3. The number of rotatable bonds is 4. The number of hydrogen-bond donors (Lipinski definition) is 1. The van der Waals surface area contributed by atoms with Crippen LogP contribution in [0.5, 0.6) is 0 Å². The molecule has 0 aliphatic carbocycles. The molecule has 3 unspecified atom stereocenters. The van der Waals surface area contributed by atoms with E-state index in [4.69, 9.17) is 4.74 Å². The Morgan fingerprint density at radius 3 is 2.52 bits per heavy atom. The fourth-order valence-corrected chi connectivity index (χ4v) is 2.72. The summed E-state index contributed by atoms with van der Waals surface area (Å²) in [7, 11) is 0. The molecule has 2 rings (SSSR count). The van der Waals surface area contributed by atoms with Crippen LogP contribution in [0, 0.1) is 17.8 Å². The molecule has 0 amide bonds. The maximum Gasteiger partial charge on any atom is 0.308 e. The third-order valence-electron chi connectivity index (χ3n) is 4.54. The van der Waals surface area contributed by atoms with Gasteiger partial charge in [-0.25, -0.2) is 0 Å². The minimum atomic E-state index is -0.164. The van der Waals surface area contributed by atoms with Gasteiger partial charge in [-0.3, -0.25) is 4.79 Å². The number of benzene rings is 1. The SMILES string of the molecule is CC(C)C(=O)OCc1ccc(C2=NNC(C)C(C)CC2C)cc1. The molecule has 0 radical (unpaired) electrons. The minimum Gasteiger partial charge on any atom is -0.461 e. The van der Waals surface area contributed by atoms with Crippen LogP contribution in [0.4, 0.5) is 0 Å². The number of ether oxygens (including phenoxy) is 1. The van der Waals surface area contributed by atoms with Crippen molar-refractivity contribution in [3.8, 4) is 0 Å². The van der Waals surface area contributed by atoms with Crippen LogP contribution >= 0.6 is 0 Å². The van der Waals surface area contributed by atoms with Gasteiger partial charge in [0.2, 0.25) is 0 Å². The van der Waals surface area contributed by atoms with E-state index in [-0.39, 0.29) is 11.9 Å². The van der Waals surface area contributed by atoms with Crippen molar-refractivity contribution in [1.82, 2.24) is 5.43 Å². The zero-order chi connectivity index (χ0) is 17.0. The molecule has 23 heavy (non-hydrogen) atoms. The molecule has 0 aromatic heterocycles. The number of nitrogens with zero attached hydrogens (tertiary/aromatic N) is 1. The van der Waals surface area contributed by atoms with Crippen molar-refractivity contribution in [2.24, 2.45) is 22.9 Å². The molecule has 0 spiro atoms. The molecule has 1 aliphatic heterocycles. The highest BCUT2D eigenvalue weighted by molar-refractivity contribution is 6.02. The normalized spacial score (nSPS) is 24.6. The number of esters is 1. The van der Waals surface area contributed by atoms with Gasteiger partial charge in [0.25, 0.3) is 0 Å². The van der Waals surface area contributed by atoms with Gasteiger partial charge in [-0.1, -0.05) is 52.0 Å². The summed E-state index contributed by atoms with van der Waals surface area (Å²) < 4.78 is 5.26. The molecule has 1 aliphatic rings. The maximum absolute atomic E-state index is 11.5. The number of nitrogens with one attached hydrogen (secondary N) is 1. The molecular weight excluding hydrogens is 288 g/mol. The molecule has 1 heterocycles. The van der Waals surface area contributed by atoms with Gasteiger partial charge in [0.15, 0.2) is 0 Å². The Labute approximate surface area is 139 Å². The van der Waals surface area contributed by atoms with E-state index < -0.39 is 0 Å². The third kappa shape index (κ3) is 4.57. The molecule has 1 aromatic rings. The summed E-state index contributed by atoms with van der Waals surface area (Å²) in [6.07, 6.45) is 1.13. The lowest BCUT2D eigenvalue weighted by Crippen LogP contribution is -2.26. The smallest absolute Gasteiger partial charge is 0.308 e. The van der Waals surface area contributed by atoms with E-state index in [1.165, 1.54) is 0 Å². The zero-order valence-electron chi connectivity index (χ0n) is 14.8. The van der Waals surface area contributed by atoms with Crippen LogP contribution in [0.15, 0.2) is 29.4 Å². The van der Waals surface area contributed by atoms with Crippen molar-refractivity contribution < 1.29 is 9.53 Å². The first-order valence-electron chi connectivity index (χ1n) is 8.47. The molecule has 126 valence electrons. The lowest BCUT2D eigenvalue weighted by Gasteiger charge is -2.18. The minimum absolute atomic E-state index is 0.0921. The van der Waals surface area contributed by atoms with Gasteiger partial charge in [0.05, 0.1) is 11.6 Å². The number of hydrazone groups is 1. The average molecular weight is 316 g/mol. The van der Waals surface area contributed by atoms with Crippen molar-refractivity contribution in [3.63, 3.8) is 0 Å². The van der Waals surface area contributed by atoms with Crippen molar-refractivity contribution in [1.29, 1.82) is 0 Å². The van der Waals surface area contributed by atoms with E-state index in [0.717, 1.165) is 23.3 Å². The van der Waals surface area contributed by atoms with Crippen LogP contribution in [0.3, 0.4) is 0 Å². The molecule has 0 saturated carbocycles. The Kier molecular flexibility index (Phi) is 5.80. The van der Waals surface area contributed by atoms with Crippen LogP contribution in [0.25, 0.3) is 0 Å². The Morgan fingerprint density at radius 2 is 1.91 bits per heavy atom. The fourth-order valence-electron chi connectivity index (χ4n) is 2.72. The van der Waals surface area contributed by atoms with E-state index in [2.05, 4.69) is 43.4 Å². The molecular formula is C19H28N2O2. The second-order valence-electron chi connectivity index (χ2n) is 6.99. The summed E-state index contributed by atoms with van der Waals surface area (Å²) in [6.45, 7) is 10.7. The highest BCUT2D eigenvalue weighted by atomic mass is 16.5. The van der Waals surface area contributed by atoms with E-state index >= 15 is 0 Å². The van der Waals surface area contributed by atoms with Crippen LogP contribution in [0.1, 0.15) is 52.2 Å². The van der Waals surface area contributed by atoms with Crippen molar-refractivity contribution in [2.75, 3.05) is 0 Å². The lowest BCUT2D eigenvalue weighted by atomic mass is 9.88. The van der Waals surface area contributed by atoms with Crippen LogP contribution in [-0.4, -0.2) is 17.7 Å². The van der Waals surface area contributed by atoms with Crippen LogP contribution in [-0.2, 0) is 16.1 Å². The monoisotopic (exact) mass is 316 g/mol. The predicted octanol–water partition coefficient (Wildman–Crippen LogP) is 3.74. The molecule has 1 aromatic carbocycles. The fraction of sp³-hybridized carbons (Fsp3) is 0.579. The van der Waals surface area contributed by atoms with Gasteiger partial charge < -0.3 is 10.2 Å². The first kappa shape index (κ1) is 17.5. The van der Waals surface area contributed by atoms with Gasteiger partial charge in [0, 0.05) is 12.0 Å². The first-order valence-corrected chi connectivity index (χ1v) is 8.47. The summed E-state index contributed by atoms with van der Waals surface area (Å²) in [4.78, 5) is 11.5. The van der Waals surface area contributed by atoms with E-state index in [9.17, 15) is 4.79 Å². The topological polar surface area (TPSA) is 50.7 Å². The summed E-state index contributed by atoms with van der Waals surface area (Å²) in [5, 5.41) is 4.61. The van der Waals surface area contributed by atoms with Gasteiger partial charge in [-0.05, 0) is 30.4 Å². The molecule has 1 N–H and O–H groups in total. The molecule has 0 fully saturated rings. The Bertz CT molecular complexity index is 563. The zero-order valence-corrected chi connectivity index (χ0v) is 14.8. The summed E-state index contributed by atoms with van der Waals surface area (Å²) in [5.41, 5.74) is 6.49. The molecule has 0 bridgehead atoms. The van der Waals surface area contributed by atoms with E-state index in [0.29, 0.717) is 24.5 Å². The number of hydrogen-bond acceptors (Lipinski definition) is 4. The van der Waals surface area contributed by atoms with Crippen LogP contribution < -0.4 is 5.43 Å². The lowest BCUT2D eigenvalue weighted by molar-refractivity contribution is -0.148. The number of carbonyl (C=O) groups is 1. The predicted molar refractivity (Wildman–Crippen MR) is 93.2 cm³/mol. The quantitative estimate of drug-likeness (QED) is 0.861. The average Bonchev–Trinajstić information content (AvgIpc) is 2.64. The first-order chi connectivity index (χ1) is 10.9. The van der Waals surface area contributed by atoms with E-state index in [1.54, 1.807) is 0 Å². The highest BCUT2D eigenvalue weighted by Crippen LogP contribution is 2.23. The Balaban J connectivity index is 2.05. The highest BCUT2D eigenvalue weighted by Gasteiger charge is 2.23. The second kappa shape index (κ2) is 7.62. The molecule has 3 atom stereocenters. The molecule has 4 heteroatoms. The Morgan fingerprint density at radius 1 is 1.26 bits per heavy atom. The van der Waals surface area contributed by atoms with Gasteiger partial charge in [-0.2, -0.15) is 5.10 Å². The molecule has 0 saturated heterocycles. The summed E-state index contributed by atoms with van der Waals surface area (Å²) in [5.74, 6) is 0.765. The van der Waals surface area contributed by atoms with Gasteiger partial charge in [0.1, 0.15) is 6.61 Å². The van der Waals surface area contributed by atoms with Crippen molar-refractivity contribution >= 4 is 11.7 Å². The van der Waals surface area contributed by atoms with Gasteiger partial charge >= 0.3 is 5.97 Å². The largest absolute Gasteiger partial charge is 0.461 e. The molecule has 4 nitrogen and oxygen atoms in total. The van der Waals surface area contributed by atoms with Crippen molar-refractivity contribution in [3.05, 3.63) is 35.4 Å². The summed E-state index contributed by atoms with van der Waals surface area (Å²) in [6, 6.07) is 8.54. The van der Waals surface area contributed by atoms with Gasteiger partial charge in [-0.15, -0.1) is 0 Å². The number of carbonyl (C=O) groups excluding carboxylic acids is 1. The van der Waals surface area contributed by atoms with Crippen molar-refractivity contribution in [2.45, 2.75) is 53.7 Å². The summed E-state index contributed by atoms with van der Waals surface area (Å²) >= 11 is 0. The van der Waals surface area contributed by atoms with E-state index in [1.807, 2.05) is 26.0 Å².